The molecule has 3 fully saturated rings. The van der Waals surface area contributed by atoms with E-state index in [2.05, 4.69) is 12.2 Å². The molecule has 3 unspecified atom stereocenters. The molecule has 1 aliphatic heterocycles. The summed E-state index contributed by atoms with van der Waals surface area (Å²) in [5.41, 5.74) is 0.196. The van der Waals surface area contributed by atoms with Gasteiger partial charge in [0.05, 0.1) is 11.7 Å². The van der Waals surface area contributed by atoms with Crippen LogP contribution in [-0.4, -0.2) is 24.8 Å². The summed E-state index contributed by atoms with van der Waals surface area (Å²) in [4.78, 5) is 0. The fraction of sp³-hybridized carbons (Fsp3) is 1.00. The Morgan fingerprint density at radius 1 is 1.18 bits per heavy atom. The van der Waals surface area contributed by atoms with Crippen LogP contribution >= 0.6 is 0 Å². The van der Waals surface area contributed by atoms with E-state index in [1.165, 1.54) is 51.4 Å². The lowest BCUT2D eigenvalue weighted by Gasteiger charge is -2.43. The van der Waals surface area contributed by atoms with Crippen LogP contribution < -0.4 is 5.32 Å². The first-order valence-corrected chi connectivity index (χ1v) is 7.67. The molecular weight excluding hydrogens is 210 g/mol. The third-order valence-electron chi connectivity index (χ3n) is 5.40. The second-order valence-corrected chi connectivity index (χ2v) is 6.61. The van der Waals surface area contributed by atoms with Gasteiger partial charge in [0.1, 0.15) is 0 Å². The molecule has 98 valence electrons. The number of nitrogens with one attached hydrogen (secondary N) is 1. The van der Waals surface area contributed by atoms with Crippen LogP contribution in [0.2, 0.25) is 0 Å². The standard InChI is InChI=1S/C15H27NO/c1-12-5-4-8-15(12)11-16-10-14(17-15)9-13-6-2-3-7-13/h12-14,16H,2-11H2,1H3. The molecule has 2 aliphatic carbocycles. The number of hydrogen-bond acceptors (Lipinski definition) is 2. The minimum atomic E-state index is 0.196. The average Bonchev–Trinajstić information content (AvgIpc) is 2.92. The zero-order valence-electron chi connectivity index (χ0n) is 11.2. The monoisotopic (exact) mass is 237 g/mol. The summed E-state index contributed by atoms with van der Waals surface area (Å²) in [5.74, 6) is 1.70. The van der Waals surface area contributed by atoms with Crippen molar-refractivity contribution >= 4 is 0 Å². The van der Waals surface area contributed by atoms with Crippen molar-refractivity contribution in [2.45, 2.75) is 70.0 Å². The van der Waals surface area contributed by atoms with Crippen molar-refractivity contribution in [3.05, 3.63) is 0 Å². The molecule has 1 N–H and O–H groups in total. The van der Waals surface area contributed by atoms with E-state index in [0.29, 0.717) is 6.10 Å². The smallest absolute Gasteiger partial charge is 0.0836 e. The SMILES string of the molecule is CC1CCCC12CNCC(CC1CCCC1)O2. The fourth-order valence-electron chi connectivity index (χ4n) is 4.26. The Hall–Kier alpha value is -0.0800. The van der Waals surface area contributed by atoms with Crippen LogP contribution in [0.1, 0.15) is 58.3 Å². The zero-order valence-corrected chi connectivity index (χ0v) is 11.2. The van der Waals surface area contributed by atoms with Gasteiger partial charge in [-0.3, -0.25) is 0 Å². The number of hydrogen-bond donors (Lipinski definition) is 1. The van der Waals surface area contributed by atoms with Gasteiger partial charge in [-0.1, -0.05) is 39.0 Å². The molecule has 17 heavy (non-hydrogen) atoms. The molecule has 2 heteroatoms. The molecule has 0 aromatic carbocycles. The minimum Gasteiger partial charge on any atom is -0.369 e. The summed E-state index contributed by atoms with van der Waals surface area (Å²) < 4.78 is 6.55. The molecule has 3 aliphatic rings. The maximum absolute atomic E-state index is 6.55. The summed E-state index contributed by atoms with van der Waals surface area (Å²) in [5, 5.41) is 3.65. The molecule has 0 radical (unpaired) electrons. The molecule has 2 saturated carbocycles. The molecular formula is C15H27NO. The molecule has 3 atom stereocenters. The summed E-state index contributed by atoms with van der Waals surface area (Å²) in [6.45, 7) is 4.56. The molecule has 1 saturated heterocycles. The van der Waals surface area contributed by atoms with Gasteiger partial charge in [0.25, 0.3) is 0 Å². The van der Waals surface area contributed by atoms with Crippen LogP contribution in [0.15, 0.2) is 0 Å². The lowest BCUT2D eigenvalue weighted by atomic mass is 9.89. The third-order valence-corrected chi connectivity index (χ3v) is 5.40. The Morgan fingerprint density at radius 2 is 2.00 bits per heavy atom. The lowest BCUT2D eigenvalue weighted by Crippen LogP contribution is -2.55. The van der Waals surface area contributed by atoms with Crippen molar-refractivity contribution in [2.24, 2.45) is 11.8 Å². The molecule has 0 bridgehead atoms. The Morgan fingerprint density at radius 3 is 2.71 bits per heavy atom. The molecule has 0 amide bonds. The maximum Gasteiger partial charge on any atom is 0.0836 e. The van der Waals surface area contributed by atoms with E-state index in [9.17, 15) is 0 Å². The predicted molar refractivity (Wildman–Crippen MR) is 70.1 cm³/mol. The first-order valence-electron chi connectivity index (χ1n) is 7.67. The highest BCUT2D eigenvalue weighted by atomic mass is 16.5. The van der Waals surface area contributed by atoms with E-state index >= 15 is 0 Å². The number of ether oxygens (including phenoxy) is 1. The molecule has 0 aromatic rings. The van der Waals surface area contributed by atoms with E-state index in [-0.39, 0.29) is 5.60 Å². The molecule has 0 aromatic heterocycles. The van der Waals surface area contributed by atoms with Gasteiger partial charge in [0.2, 0.25) is 0 Å². The quantitative estimate of drug-likeness (QED) is 0.797. The van der Waals surface area contributed by atoms with Crippen LogP contribution in [0, 0.1) is 11.8 Å². The van der Waals surface area contributed by atoms with Gasteiger partial charge in [0.15, 0.2) is 0 Å². The largest absolute Gasteiger partial charge is 0.369 e. The first-order chi connectivity index (χ1) is 8.28. The molecule has 3 rings (SSSR count). The third kappa shape index (κ3) is 2.39. The number of morpholine rings is 1. The topological polar surface area (TPSA) is 21.3 Å². The van der Waals surface area contributed by atoms with Crippen LogP contribution in [0.25, 0.3) is 0 Å². The van der Waals surface area contributed by atoms with Gasteiger partial charge in [0, 0.05) is 13.1 Å². The Kier molecular flexibility index (Phi) is 3.45. The zero-order chi connectivity index (χ0) is 11.7. The average molecular weight is 237 g/mol. The van der Waals surface area contributed by atoms with Crippen molar-refractivity contribution in [2.75, 3.05) is 13.1 Å². The summed E-state index contributed by atoms with van der Waals surface area (Å²) >= 11 is 0. The summed E-state index contributed by atoms with van der Waals surface area (Å²) in [6, 6.07) is 0. The van der Waals surface area contributed by atoms with E-state index < -0.39 is 0 Å². The predicted octanol–water partition coefficient (Wildman–Crippen LogP) is 3.11. The van der Waals surface area contributed by atoms with Crippen molar-refractivity contribution in [1.82, 2.24) is 5.32 Å². The van der Waals surface area contributed by atoms with Gasteiger partial charge >= 0.3 is 0 Å². The van der Waals surface area contributed by atoms with Gasteiger partial charge in [-0.2, -0.15) is 0 Å². The van der Waals surface area contributed by atoms with E-state index in [4.69, 9.17) is 4.74 Å². The van der Waals surface area contributed by atoms with E-state index in [0.717, 1.165) is 24.9 Å². The van der Waals surface area contributed by atoms with Gasteiger partial charge in [-0.05, 0) is 31.1 Å². The van der Waals surface area contributed by atoms with Crippen LogP contribution in [-0.2, 0) is 4.74 Å². The van der Waals surface area contributed by atoms with Gasteiger partial charge in [-0.15, -0.1) is 0 Å². The Labute approximate surface area is 105 Å². The molecule has 1 heterocycles. The maximum atomic E-state index is 6.55. The Bertz CT molecular complexity index is 262. The van der Waals surface area contributed by atoms with Crippen LogP contribution in [0.5, 0.6) is 0 Å². The highest BCUT2D eigenvalue weighted by molar-refractivity contribution is 4.97. The first kappa shape index (κ1) is 12.0. The van der Waals surface area contributed by atoms with E-state index in [1.807, 2.05) is 0 Å². The van der Waals surface area contributed by atoms with Crippen molar-refractivity contribution in [3.63, 3.8) is 0 Å². The van der Waals surface area contributed by atoms with Gasteiger partial charge < -0.3 is 10.1 Å². The van der Waals surface area contributed by atoms with Crippen molar-refractivity contribution in [3.8, 4) is 0 Å². The van der Waals surface area contributed by atoms with Crippen molar-refractivity contribution in [1.29, 1.82) is 0 Å². The molecule has 2 nitrogen and oxygen atoms in total. The minimum absolute atomic E-state index is 0.196. The van der Waals surface area contributed by atoms with E-state index in [1.54, 1.807) is 0 Å². The van der Waals surface area contributed by atoms with Crippen molar-refractivity contribution < 1.29 is 4.74 Å². The fourth-order valence-corrected chi connectivity index (χ4v) is 4.26. The van der Waals surface area contributed by atoms with Crippen LogP contribution in [0.4, 0.5) is 0 Å². The lowest BCUT2D eigenvalue weighted by molar-refractivity contribution is -0.138. The number of rotatable bonds is 2. The normalized spacial score (nSPS) is 43.6. The summed E-state index contributed by atoms with van der Waals surface area (Å²) in [7, 11) is 0. The molecule has 1 spiro atoms. The highest BCUT2D eigenvalue weighted by Crippen LogP contribution is 2.41. The summed E-state index contributed by atoms with van der Waals surface area (Å²) in [6.07, 6.45) is 11.6. The second-order valence-electron chi connectivity index (χ2n) is 6.61. The Balaban J connectivity index is 1.59. The van der Waals surface area contributed by atoms with Crippen LogP contribution in [0.3, 0.4) is 0 Å². The van der Waals surface area contributed by atoms with Gasteiger partial charge in [-0.25, -0.2) is 0 Å². The highest BCUT2D eigenvalue weighted by Gasteiger charge is 2.45. The second kappa shape index (κ2) is 4.89.